The summed E-state index contributed by atoms with van der Waals surface area (Å²) in [6.45, 7) is 4.86. The van der Waals surface area contributed by atoms with Gasteiger partial charge in [0.2, 0.25) is 0 Å². The molecule has 1 fully saturated rings. The Labute approximate surface area is 91.4 Å². The minimum Gasteiger partial charge on any atom is -0.396 e. The Morgan fingerprint density at radius 2 is 2.20 bits per heavy atom. The fraction of sp³-hybridized carbons (Fsp3) is 0.909. The van der Waals surface area contributed by atoms with Crippen LogP contribution < -0.4 is 10.6 Å². The lowest BCUT2D eigenvalue weighted by Gasteiger charge is -2.29. The van der Waals surface area contributed by atoms with Crippen LogP contribution in [-0.4, -0.2) is 29.8 Å². The highest BCUT2D eigenvalue weighted by Crippen LogP contribution is 2.27. The van der Waals surface area contributed by atoms with Crippen molar-refractivity contribution < 1.29 is 9.90 Å². The molecule has 1 aliphatic carbocycles. The molecule has 0 heterocycles. The van der Waals surface area contributed by atoms with Crippen molar-refractivity contribution in [3.63, 3.8) is 0 Å². The maximum atomic E-state index is 11.5. The quantitative estimate of drug-likeness (QED) is 0.623. The number of amides is 2. The van der Waals surface area contributed by atoms with Gasteiger partial charge in [-0.25, -0.2) is 4.79 Å². The molecule has 1 rings (SSSR count). The Balaban J connectivity index is 2.25. The van der Waals surface area contributed by atoms with Crippen LogP contribution in [0.2, 0.25) is 0 Å². The molecule has 1 unspecified atom stereocenters. The number of hydrogen-bond donors (Lipinski definition) is 3. The summed E-state index contributed by atoms with van der Waals surface area (Å²) < 4.78 is 0. The first-order valence-corrected chi connectivity index (χ1v) is 5.76. The topological polar surface area (TPSA) is 61.4 Å². The van der Waals surface area contributed by atoms with E-state index in [1.807, 2.05) is 13.8 Å². The van der Waals surface area contributed by atoms with E-state index in [0.29, 0.717) is 12.3 Å². The summed E-state index contributed by atoms with van der Waals surface area (Å²) in [6.07, 6.45) is 3.90. The van der Waals surface area contributed by atoms with Gasteiger partial charge < -0.3 is 15.7 Å². The zero-order valence-corrected chi connectivity index (χ0v) is 9.68. The third-order valence-corrected chi connectivity index (χ3v) is 3.11. The van der Waals surface area contributed by atoms with E-state index in [4.69, 9.17) is 5.11 Å². The lowest BCUT2D eigenvalue weighted by atomic mass is 9.95. The van der Waals surface area contributed by atoms with E-state index in [-0.39, 0.29) is 18.2 Å². The molecule has 0 spiro atoms. The summed E-state index contributed by atoms with van der Waals surface area (Å²) in [4.78, 5) is 11.5. The molecule has 1 saturated carbocycles. The third kappa shape index (κ3) is 4.51. The SMILES string of the molecule is CCC(C)(CCO)NC(=O)NCC1CC1. The highest BCUT2D eigenvalue weighted by Gasteiger charge is 2.25. The Hall–Kier alpha value is -0.770. The van der Waals surface area contributed by atoms with Crippen LogP contribution in [0.25, 0.3) is 0 Å². The summed E-state index contributed by atoms with van der Waals surface area (Å²) in [5, 5.41) is 14.7. The molecular formula is C11H22N2O2. The number of hydrogen-bond acceptors (Lipinski definition) is 2. The molecule has 0 aromatic rings. The van der Waals surface area contributed by atoms with E-state index in [1.165, 1.54) is 12.8 Å². The maximum absolute atomic E-state index is 11.5. The average molecular weight is 214 g/mol. The Morgan fingerprint density at radius 1 is 1.53 bits per heavy atom. The number of aliphatic hydroxyl groups is 1. The van der Waals surface area contributed by atoms with Gasteiger partial charge in [0.25, 0.3) is 0 Å². The predicted octanol–water partition coefficient (Wildman–Crippen LogP) is 1.25. The molecule has 2 amide bonds. The normalized spacial score (nSPS) is 19.4. The van der Waals surface area contributed by atoms with Gasteiger partial charge in [-0.3, -0.25) is 0 Å². The summed E-state index contributed by atoms with van der Waals surface area (Å²) in [6, 6.07) is -0.111. The average Bonchev–Trinajstić information content (AvgIpc) is 2.98. The summed E-state index contributed by atoms with van der Waals surface area (Å²) >= 11 is 0. The van der Waals surface area contributed by atoms with E-state index >= 15 is 0 Å². The van der Waals surface area contributed by atoms with Crippen LogP contribution in [-0.2, 0) is 0 Å². The van der Waals surface area contributed by atoms with Gasteiger partial charge in [-0.15, -0.1) is 0 Å². The molecule has 88 valence electrons. The van der Waals surface area contributed by atoms with Crippen molar-refractivity contribution in [3.05, 3.63) is 0 Å². The van der Waals surface area contributed by atoms with Gasteiger partial charge in [-0.05, 0) is 38.5 Å². The lowest BCUT2D eigenvalue weighted by molar-refractivity contribution is 0.200. The van der Waals surface area contributed by atoms with E-state index in [0.717, 1.165) is 13.0 Å². The van der Waals surface area contributed by atoms with Gasteiger partial charge in [-0.1, -0.05) is 6.92 Å². The first-order valence-electron chi connectivity index (χ1n) is 5.76. The maximum Gasteiger partial charge on any atom is 0.315 e. The molecule has 0 aromatic heterocycles. The largest absolute Gasteiger partial charge is 0.396 e. The molecule has 3 N–H and O–H groups in total. The fourth-order valence-electron chi connectivity index (χ4n) is 1.45. The monoisotopic (exact) mass is 214 g/mol. The second-order valence-corrected chi connectivity index (χ2v) is 4.67. The zero-order chi connectivity index (χ0) is 11.3. The number of carbonyl (C=O) groups is 1. The summed E-state index contributed by atoms with van der Waals surface area (Å²) in [7, 11) is 0. The van der Waals surface area contributed by atoms with Crippen LogP contribution in [0.3, 0.4) is 0 Å². The van der Waals surface area contributed by atoms with Crippen molar-refractivity contribution in [3.8, 4) is 0 Å². The van der Waals surface area contributed by atoms with Gasteiger partial charge in [0.1, 0.15) is 0 Å². The van der Waals surface area contributed by atoms with Crippen LogP contribution >= 0.6 is 0 Å². The van der Waals surface area contributed by atoms with E-state index in [1.54, 1.807) is 0 Å². The Morgan fingerprint density at radius 3 is 2.67 bits per heavy atom. The molecule has 15 heavy (non-hydrogen) atoms. The molecule has 0 saturated heterocycles. The van der Waals surface area contributed by atoms with Crippen LogP contribution in [0.4, 0.5) is 4.79 Å². The van der Waals surface area contributed by atoms with Crippen LogP contribution in [0, 0.1) is 5.92 Å². The van der Waals surface area contributed by atoms with Crippen molar-refractivity contribution in [1.82, 2.24) is 10.6 Å². The molecule has 0 bridgehead atoms. The van der Waals surface area contributed by atoms with Crippen molar-refractivity contribution >= 4 is 6.03 Å². The van der Waals surface area contributed by atoms with Gasteiger partial charge in [-0.2, -0.15) is 0 Å². The minimum atomic E-state index is -0.289. The summed E-state index contributed by atoms with van der Waals surface area (Å²) in [5.41, 5.74) is -0.289. The van der Waals surface area contributed by atoms with Crippen LogP contribution in [0.15, 0.2) is 0 Å². The highest BCUT2D eigenvalue weighted by atomic mass is 16.3. The molecule has 1 aliphatic rings. The Bertz CT molecular complexity index is 217. The molecule has 1 atom stereocenters. The first-order chi connectivity index (χ1) is 7.09. The predicted molar refractivity (Wildman–Crippen MR) is 59.7 cm³/mol. The van der Waals surface area contributed by atoms with Crippen molar-refractivity contribution in [2.45, 2.75) is 45.1 Å². The number of rotatable bonds is 6. The van der Waals surface area contributed by atoms with E-state index < -0.39 is 0 Å². The number of carbonyl (C=O) groups excluding carboxylic acids is 1. The van der Waals surface area contributed by atoms with Gasteiger partial charge in [0, 0.05) is 18.7 Å². The second kappa shape index (κ2) is 5.35. The smallest absolute Gasteiger partial charge is 0.315 e. The first kappa shape index (κ1) is 12.3. The van der Waals surface area contributed by atoms with Gasteiger partial charge in [0.05, 0.1) is 0 Å². The molecule has 0 aromatic carbocycles. The number of nitrogens with one attached hydrogen (secondary N) is 2. The number of aliphatic hydroxyl groups excluding tert-OH is 1. The van der Waals surface area contributed by atoms with Gasteiger partial charge >= 0.3 is 6.03 Å². The molecular weight excluding hydrogens is 192 g/mol. The Kier molecular flexibility index (Phi) is 4.39. The van der Waals surface area contributed by atoms with Crippen LogP contribution in [0.5, 0.6) is 0 Å². The highest BCUT2D eigenvalue weighted by molar-refractivity contribution is 5.74. The molecule has 0 radical (unpaired) electrons. The van der Waals surface area contributed by atoms with E-state index in [9.17, 15) is 4.79 Å². The zero-order valence-electron chi connectivity index (χ0n) is 9.68. The molecule has 4 nitrogen and oxygen atoms in total. The van der Waals surface area contributed by atoms with Crippen LogP contribution in [0.1, 0.15) is 39.5 Å². The second-order valence-electron chi connectivity index (χ2n) is 4.67. The standard InChI is InChI=1S/C11H22N2O2/c1-3-11(2,6-7-14)13-10(15)12-8-9-4-5-9/h9,14H,3-8H2,1-2H3,(H2,12,13,15). The van der Waals surface area contributed by atoms with Crippen molar-refractivity contribution in [2.75, 3.05) is 13.2 Å². The van der Waals surface area contributed by atoms with E-state index in [2.05, 4.69) is 10.6 Å². The lowest BCUT2D eigenvalue weighted by Crippen LogP contribution is -2.50. The molecule has 4 heteroatoms. The molecule has 0 aliphatic heterocycles. The third-order valence-electron chi connectivity index (χ3n) is 3.11. The number of urea groups is 1. The minimum absolute atomic E-state index is 0.104. The summed E-state index contributed by atoms with van der Waals surface area (Å²) in [5.74, 6) is 0.696. The fourth-order valence-corrected chi connectivity index (χ4v) is 1.45. The van der Waals surface area contributed by atoms with Crippen molar-refractivity contribution in [2.24, 2.45) is 5.92 Å². The van der Waals surface area contributed by atoms with Gasteiger partial charge in [0.15, 0.2) is 0 Å². The van der Waals surface area contributed by atoms with Crippen molar-refractivity contribution in [1.29, 1.82) is 0 Å².